The average molecular weight is 805 g/mol. The van der Waals surface area contributed by atoms with Crippen LogP contribution < -0.4 is 41.9 Å². The second-order valence-corrected chi connectivity index (χ2v) is 13.8. The van der Waals surface area contributed by atoms with Crippen molar-refractivity contribution < 1.29 is 28.5 Å². The number of hydrogen-bond acceptors (Lipinski definition) is 10. The molecular weight excluding hydrogens is 745 g/mol. The van der Waals surface area contributed by atoms with Gasteiger partial charge in [0.05, 0.1) is 37.8 Å². The van der Waals surface area contributed by atoms with E-state index in [9.17, 15) is 19.2 Å². The maximum absolute atomic E-state index is 12.4. The molecule has 6 N–H and O–H groups in total. The summed E-state index contributed by atoms with van der Waals surface area (Å²) in [7, 11) is 0. The molecule has 316 valence electrons. The number of carbonyl (C=O) groups excluding carboxylic acids is 2. The van der Waals surface area contributed by atoms with E-state index < -0.39 is 12.1 Å². The molecule has 0 saturated carbocycles. The Kier molecular flexibility index (Phi) is 19.5. The first kappa shape index (κ1) is 45.2. The predicted molar refractivity (Wildman–Crippen MR) is 225 cm³/mol. The summed E-state index contributed by atoms with van der Waals surface area (Å²) in [6.45, 7) is 10.6. The molecule has 0 aliphatic rings. The number of ether oxygens (including phenoxy) is 4. The molecule has 0 spiro atoms. The van der Waals surface area contributed by atoms with E-state index in [1.807, 2.05) is 36.4 Å². The first-order valence-corrected chi connectivity index (χ1v) is 20.5. The molecule has 0 saturated heterocycles. The molecule has 0 bridgehead atoms. The number of nitrogens with zero attached hydrogens (tertiary/aromatic N) is 2. The van der Waals surface area contributed by atoms with Gasteiger partial charge in [-0.1, -0.05) is 77.6 Å². The van der Waals surface area contributed by atoms with E-state index >= 15 is 0 Å². The van der Waals surface area contributed by atoms with Gasteiger partial charge in [0, 0.05) is 47.8 Å². The molecule has 2 heterocycles. The van der Waals surface area contributed by atoms with Crippen LogP contribution >= 0.6 is 0 Å². The van der Waals surface area contributed by atoms with E-state index in [-0.39, 0.29) is 61.2 Å². The number of aromatic nitrogens is 4. The highest BCUT2D eigenvalue weighted by molar-refractivity contribution is 5.93. The number of hydrogen-bond donors (Lipinski definition) is 6. The van der Waals surface area contributed by atoms with E-state index in [1.54, 1.807) is 0 Å². The van der Waals surface area contributed by atoms with Gasteiger partial charge in [-0.2, -0.15) is 0 Å². The number of carbonyl (C=O) groups is 2. The molecule has 4 aromatic rings. The molecule has 4 rings (SSSR count). The molecule has 0 radical (unpaired) electrons. The van der Waals surface area contributed by atoms with Gasteiger partial charge in [0.1, 0.15) is 24.7 Å². The molecule has 16 heteroatoms. The lowest BCUT2D eigenvalue weighted by Crippen LogP contribution is -2.33. The molecular formula is C42H60N8O8. The standard InChI is InChI=1S/C42H60N8O8/c1-5-9-13-29(7-3)33-27-37(51)47-39(45-33)49-41(53)43-19-21-55-23-25-57-35-17-11-16-32-31(35)15-12-18-36(32)58-26-24-56-22-20-44-42(54)50-40-46-34(28-38(52)48-40)30(8-4)14-10-6-2/h11-12,15-18,27-30H,5-10,13-14,19-26H2,1-4H3,(H3,43,45,47,49,51,53)(H3,44,46,48,50,52,54). The topological polar surface area (TPSA) is 211 Å². The quantitative estimate of drug-likeness (QED) is 0.0365. The van der Waals surface area contributed by atoms with Crippen molar-refractivity contribution in [3.05, 3.63) is 80.6 Å². The SMILES string of the molecule is CCCCC(CC)c1cc(=O)[nH]c(NC(=O)NCCOCCOc2cccc3c(OCCOCCNC(=O)Nc4nc(C(CC)CCCC)cc(=O)[nH]4)cccc23)n1. The molecule has 0 aliphatic carbocycles. The summed E-state index contributed by atoms with van der Waals surface area (Å²) in [5, 5.41) is 12.4. The van der Waals surface area contributed by atoms with Crippen molar-refractivity contribution in [2.45, 2.75) is 90.9 Å². The maximum Gasteiger partial charge on any atom is 0.321 e. The highest BCUT2D eigenvalue weighted by Gasteiger charge is 2.15. The number of anilines is 2. The zero-order chi connectivity index (χ0) is 41.5. The number of nitrogens with one attached hydrogen (secondary N) is 6. The first-order chi connectivity index (χ1) is 28.2. The third-order valence-electron chi connectivity index (χ3n) is 9.50. The molecule has 0 fully saturated rings. The van der Waals surface area contributed by atoms with Gasteiger partial charge in [-0.15, -0.1) is 0 Å². The summed E-state index contributed by atoms with van der Waals surface area (Å²) in [4.78, 5) is 63.3. The van der Waals surface area contributed by atoms with Crippen molar-refractivity contribution >= 4 is 34.7 Å². The van der Waals surface area contributed by atoms with Gasteiger partial charge in [0.25, 0.3) is 11.1 Å². The van der Waals surface area contributed by atoms with Gasteiger partial charge in [-0.3, -0.25) is 30.2 Å². The van der Waals surface area contributed by atoms with Crippen LogP contribution in [0.3, 0.4) is 0 Å². The zero-order valence-corrected chi connectivity index (χ0v) is 34.2. The van der Waals surface area contributed by atoms with Gasteiger partial charge in [0.15, 0.2) is 0 Å². The lowest BCUT2D eigenvalue weighted by Gasteiger charge is -2.15. The number of benzene rings is 2. The fourth-order valence-electron chi connectivity index (χ4n) is 6.42. The number of urea groups is 2. The molecule has 16 nitrogen and oxygen atoms in total. The third kappa shape index (κ3) is 15.1. The number of fused-ring (bicyclic) bond motifs is 1. The van der Waals surface area contributed by atoms with Crippen LogP contribution in [0.5, 0.6) is 11.5 Å². The lowest BCUT2D eigenvalue weighted by atomic mass is 9.96. The smallest absolute Gasteiger partial charge is 0.321 e. The Balaban J connectivity index is 1.11. The van der Waals surface area contributed by atoms with Crippen molar-refractivity contribution in [1.29, 1.82) is 0 Å². The minimum Gasteiger partial charge on any atom is -0.491 e. The molecule has 2 aromatic carbocycles. The largest absolute Gasteiger partial charge is 0.491 e. The lowest BCUT2D eigenvalue weighted by molar-refractivity contribution is 0.103. The highest BCUT2D eigenvalue weighted by atomic mass is 16.5. The van der Waals surface area contributed by atoms with Crippen molar-refractivity contribution in [1.82, 2.24) is 30.6 Å². The van der Waals surface area contributed by atoms with Gasteiger partial charge >= 0.3 is 12.1 Å². The van der Waals surface area contributed by atoms with E-state index in [4.69, 9.17) is 18.9 Å². The Morgan fingerprint density at radius 2 is 1.05 bits per heavy atom. The van der Waals surface area contributed by atoms with Crippen LogP contribution in [0.25, 0.3) is 10.8 Å². The van der Waals surface area contributed by atoms with E-state index in [2.05, 4.69) is 68.9 Å². The monoisotopic (exact) mass is 804 g/mol. The van der Waals surface area contributed by atoms with Gasteiger partial charge in [0.2, 0.25) is 11.9 Å². The molecule has 0 aliphatic heterocycles. The Hall–Kier alpha value is -5.48. The Morgan fingerprint density at radius 3 is 1.45 bits per heavy atom. The van der Waals surface area contributed by atoms with Crippen LogP contribution in [0.15, 0.2) is 58.1 Å². The highest BCUT2D eigenvalue weighted by Crippen LogP contribution is 2.32. The fraction of sp³-hybridized carbons (Fsp3) is 0.524. The average Bonchev–Trinajstić information content (AvgIpc) is 3.20. The van der Waals surface area contributed by atoms with Crippen molar-refractivity contribution in [2.24, 2.45) is 0 Å². The summed E-state index contributed by atoms with van der Waals surface area (Å²) in [5.41, 5.74) is 0.764. The number of H-pyrrole nitrogens is 2. The van der Waals surface area contributed by atoms with Crippen molar-refractivity contribution in [2.75, 3.05) is 63.4 Å². The van der Waals surface area contributed by atoms with Crippen LogP contribution in [0.1, 0.15) is 102 Å². The number of rotatable bonds is 26. The second-order valence-electron chi connectivity index (χ2n) is 13.8. The fourth-order valence-corrected chi connectivity index (χ4v) is 6.42. The summed E-state index contributed by atoms with van der Waals surface area (Å²) in [6, 6.07) is 13.5. The van der Waals surface area contributed by atoms with Crippen molar-refractivity contribution in [3.8, 4) is 11.5 Å². The number of aromatic amines is 2. The molecule has 2 unspecified atom stereocenters. The van der Waals surface area contributed by atoms with E-state index in [0.717, 1.165) is 62.1 Å². The van der Waals surface area contributed by atoms with E-state index in [0.29, 0.717) is 49.3 Å². The summed E-state index contributed by atoms with van der Waals surface area (Å²) in [6.07, 6.45) is 7.82. The van der Waals surface area contributed by atoms with Crippen molar-refractivity contribution in [3.63, 3.8) is 0 Å². The minimum atomic E-state index is -0.489. The Labute approximate surface area is 339 Å². The molecule has 58 heavy (non-hydrogen) atoms. The zero-order valence-electron chi connectivity index (χ0n) is 34.2. The number of amides is 4. The van der Waals surface area contributed by atoms with E-state index in [1.165, 1.54) is 12.1 Å². The molecule has 2 atom stereocenters. The van der Waals surface area contributed by atoms with Crippen LogP contribution in [-0.4, -0.2) is 84.7 Å². The molecule has 4 amide bonds. The summed E-state index contributed by atoms with van der Waals surface area (Å²) >= 11 is 0. The molecule has 2 aromatic heterocycles. The normalized spacial score (nSPS) is 12.1. The van der Waals surface area contributed by atoms with Gasteiger partial charge < -0.3 is 29.6 Å². The summed E-state index contributed by atoms with van der Waals surface area (Å²) in [5.74, 6) is 1.93. The van der Waals surface area contributed by atoms with Crippen LogP contribution in [0.2, 0.25) is 0 Å². The predicted octanol–water partition coefficient (Wildman–Crippen LogP) is 6.81. The maximum atomic E-state index is 12.4. The first-order valence-electron chi connectivity index (χ1n) is 20.5. The minimum absolute atomic E-state index is 0.118. The van der Waals surface area contributed by atoms with Crippen LogP contribution in [0.4, 0.5) is 21.5 Å². The summed E-state index contributed by atoms with van der Waals surface area (Å²) < 4.78 is 23.3. The Bertz CT molecular complexity index is 1850. The third-order valence-corrected chi connectivity index (χ3v) is 9.50. The second kappa shape index (κ2) is 25.0. The van der Waals surface area contributed by atoms with Gasteiger partial charge in [-0.25, -0.2) is 19.6 Å². The number of unbranched alkanes of at least 4 members (excludes halogenated alkanes) is 2. The Morgan fingerprint density at radius 1 is 0.621 bits per heavy atom. The van der Waals surface area contributed by atoms with Crippen LogP contribution in [-0.2, 0) is 9.47 Å². The van der Waals surface area contributed by atoms with Gasteiger partial charge in [-0.05, 0) is 37.8 Å². The van der Waals surface area contributed by atoms with Crippen LogP contribution in [0, 0.1) is 0 Å².